The average molecular weight is 826 g/mol. The minimum atomic E-state index is -0.683. The Morgan fingerprint density at radius 1 is 0.491 bits per heavy atom. The third-order valence-corrected chi connectivity index (χ3v) is 6.99. The molecule has 0 amide bonds. The van der Waals surface area contributed by atoms with E-state index in [1.54, 1.807) is 0 Å². The van der Waals surface area contributed by atoms with Gasteiger partial charge in [0, 0.05) is 19.0 Å². The Labute approximate surface area is 334 Å². The monoisotopic (exact) mass is 825 g/mol. The van der Waals surface area contributed by atoms with E-state index in [4.69, 9.17) is 61.6 Å². The fourth-order valence-corrected chi connectivity index (χ4v) is 4.20. The summed E-state index contributed by atoms with van der Waals surface area (Å²) >= 11 is 0. The van der Waals surface area contributed by atoms with E-state index in [1.807, 2.05) is 6.92 Å². The summed E-state index contributed by atoms with van der Waals surface area (Å²) < 4.78 is 70.3. The molecule has 0 saturated heterocycles. The van der Waals surface area contributed by atoms with Gasteiger partial charge in [-0.15, -0.1) is 0 Å². The first-order chi connectivity index (χ1) is 28.0. The number of non-ortho nitro benzene ring substituents is 1. The van der Waals surface area contributed by atoms with E-state index < -0.39 is 9.85 Å². The average Bonchev–Trinajstić information content (AvgIpc) is 3.20. The Hall–Kier alpha value is -3.19. The molecule has 0 spiro atoms. The van der Waals surface area contributed by atoms with Crippen molar-refractivity contribution in [3.8, 4) is 0 Å². The van der Waals surface area contributed by atoms with Gasteiger partial charge in [-0.1, -0.05) is 6.92 Å². The van der Waals surface area contributed by atoms with Crippen LogP contribution in [0.2, 0.25) is 0 Å². The first-order valence-electron chi connectivity index (χ1n) is 19.2. The van der Waals surface area contributed by atoms with E-state index in [0.717, 1.165) is 12.5 Å². The van der Waals surface area contributed by atoms with Crippen molar-refractivity contribution in [2.75, 3.05) is 177 Å². The van der Waals surface area contributed by atoms with Gasteiger partial charge in [0.1, 0.15) is 12.3 Å². The number of esters is 1. The lowest BCUT2D eigenvalue weighted by molar-refractivity contribution is -0.393. The van der Waals surface area contributed by atoms with Gasteiger partial charge in [0.05, 0.1) is 174 Å². The highest BCUT2D eigenvalue weighted by atomic mass is 16.6. The van der Waals surface area contributed by atoms with Gasteiger partial charge in [-0.05, 0) is 12.5 Å². The van der Waals surface area contributed by atoms with E-state index in [9.17, 15) is 25.0 Å². The molecule has 21 nitrogen and oxygen atoms in total. The number of nitrogens with one attached hydrogen (secondary N) is 1. The van der Waals surface area contributed by atoms with Crippen molar-refractivity contribution in [2.24, 2.45) is 0 Å². The predicted octanol–water partition coefficient (Wildman–Crippen LogP) is 2.46. The van der Waals surface area contributed by atoms with Crippen LogP contribution >= 0.6 is 0 Å². The van der Waals surface area contributed by atoms with Crippen LogP contribution < -0.4 is 5.32 Å². The quantitative estimate of drug-likeness (QED) is 0.0431. The second-order valence-corrected chi connectivity index (χ2v) is 11.5. The number of anilines is 1. The largest absolute Gasteiger partial charge is 0.463 e. The van der Waals surface area contributed by atoms with Crippen LogP contribution in [0.25, 0.3) is 0 Å². The number of hydrogen-bond acceptors (Lipinski definition) is 19. The lowest BCUT2D eigenvalue weighted by Gasteiger charge is -2.09. The van der Waals surface area contributed by atoms with Gasteiger partial charge in [0.15, 0.2) is 0 Å². The second-order valence-electron chi connectivity index (χ2n) is 11.5. The van der Waals surface area contributed by atoms with Crippen molar-refractivity contribution in [1.82, 2.24) is 0 Å². The Morgan fingerprint density at radius 2 is 0.807 bits per heavy atom. The van der Waals surface area contributed by atoms with E-state index >= 15 is 0 Å². The first-order valence-corrected chi connectivity index (χ1v) is 19.2. The van der Waals surface area contributed by atoms with Gasteiger partial charge in [-0.3, -0.25) is 25.0 Å². The summed E-state index contributed by atoms with van der Waals surface area (Å²) in [7, 11) is 0. The third-order valence-electron chi connectivity index (χ3n) is 6.99. The van der Waals surface area contributed by atoms with Crippen LogP contribution in [0.5, 0.6) is 0 Å². The number of benzene rings is 1. The van der Waals surface area contributed by atoms with Gasteiger partial charge in [-0.2, -0.15) is 0 Å². The summed E-state index contributed by atoms with van der Waals surface area (Å²) in [5, 5.41) is 24.8. The maximum absolute atomic E-state index is 11.2. The van der Waals surface area contributed by atoms with Crippen molar-refractivity contribution in [2.45, 2.75) is 19.8 Å². The van der Waals surface area contributed by atoms with Crippen molar-refractivity contribution >= 4 is 23.0 Å². The maximum Gasteiger partial charge on any atom is 0.305 e. The summed E-state index contributed by atoms with van der Waals surface area (Å²) in [5.74, 6) is -0.199. The molecule has 0 heterocycles. The van der Waals surface area contributed by atoms with Crippen molar-refractivity contribution in [1.29, 1.82) is 0 Å². The van der Waals surface area contributed by atoms with Gasteiger partial charge in [0.2, 0.25) is 0 Å². The smallest absolute Gasteiger partial charge is 0.305 e. The number of nitro groups is 2. The molecule has 0 fully saturated rings. The number of carbonyl (C=O) groups is 1. The molecule has 0 unspecified atom stereocenters. The zero-order valence-corrected chi connectivity index (χ0v) is 33.3. The third kappa shape index (κ3) is 33.5. The molecule has 0 aliphatic carbocycles. The summed E-state index contributed by atoms with van der Waals surface area (Å²) in [4.78, 5) is 31.8. The Bertz CT molecular complexity index is 1120. The summed E-state index contributed by atoms with van der Waals surface area (Å²) in [5.41, 5.74) is -0.538. The van der Waals surface area contributed by atoms with Crippen LogP contribution in [0.3, 0.4) is 0 Å². The summed E-state index contributed by atoms with van der Waals surface area (Å²) in [6.45, 7) is 12.9. The minimum absolute atomic E-state index is 0.181. The van der Waals surface area contributed by atoms with Crippen LogP contribution in [-0.2, 0) is 66.4 Å². The van der Waals surface area contributed by atoms with E-state index in [1.165, 1.54) is 12.1 Å². The molecule has 0 aliphatic rings. The van der Waals surface area contributed by atoms with E-state index in [-0.39, 0.29) is 42.8 Å². The Kier molecular flexibility index (Phi) is 36.0. The van der Waals surface area contributed by atoms with Crippen LogP contribution in [0.15, 0.2) is 18.2 Å². The van der Waals surface area contributed by atoms with Gasteiger partial charge in [-0.25, -0.2) is 0 Å². The number of carbonyl (C=O) groups excluding carboxylic acids is 1. The SMILES string of the molecule is CCCC(=O)OCCOCCOCCOCCOCCOCCOCCOCCOCCOCCOCCOCCOCCNc1ccc([N+](=O)[O-])cc1[N+](=O)[O-]. The minimum Gasteiger partial charge on any atom is -0.463 e. The van der Waals surface area contributed by atoms with Crippen molar-refractivity contribution < 1.29 is 76.2 Å². The van der Waals surface area contributed by atoms with Gasteiger partial charge in [0.25, 0.3) is 11.4 Å². The lowest BCUT2D eigenvalue weighted by Crippen LogP contribution is -2.16. The molecular weight excluding hydrogens is 762 g/mol. The molecule has 21 heteroatoms. The Morgan fingerprint density at radius 3 is 1.11 bits per heavy atom. The molecule has 0 saturated carbocycles. The number of nitro benzene ring substituents is 2. The molecule has 0 radical (unpaired) electrons. The summed E-state index contributed by atoms with van der Waals surface area (Å²) in [6, 6.07) is 3.42. The molecule has 1 aromatic carbocycles. The van der Waals surface area contributed by atoms with Crippen LogP contribution in [0.1, 0.15) is 19.8 Å². The number of nitrogens with zero attached hydrogens (tertiary/aromatic N) is 2. The fourth-order valence-electron chi connectivity index (χ4n) is 4.20. The standard InChI is InChI=1S/C36H63N3O18/c1-2-3-36(40)57-31-30-56-29-28-55-27-26-54-25-24-53-23-22-52-21-20-51-19-18-50-17-16-49-15-14-48-13-12-47-11-10-46-9-8-45-7-6-37-34-5-4-33(38(41)42)32-35(34)39(43)44/h4-5,32,37H,2-3,6-31H2,1H3. The maximum atomic E-state index is 11.2. The highest BCUT2D eigenvalue weighted by Crippen LogP contribution is 2.28. The highest BCUT2D eigenvalue weighted by molar-refractivity contribution is 5.69. The molecule has 0 atom stereocenters. The number of hydrogen-bond donors (Lipinski definition) is 1. The molecule has 0 aromatic heterocycles. The van der Waals surface area contributed by atoms with Crippen LogP contribution in [0.4, 0.5) is 17.1 Å². The first kappa shape index (κ1) is 51.8. The molecule has 0 aliphatic heterocycles. The van der Waals surface area contributed by atoms with Crippen molar-refractivity contribution in [3.63, 3.8) is 0 Å². The fraction of sp³-hybridized carbons (Fsp3) is 0.806. The van der Waals surface area contributed by atoms with Crippen LogP contribution in [0, 0.1) is 20.2 Å². The Balaban J connectivity index is 1.69. The predicted molar refractivity (Wildman–Crippen MR) is 204 cm³/mol. The number of ether oxygens (including phenoxy) is 13. The molecule has 330 valence electrons. The normalized spacial score (nSPS) is 11.2. The molecule has 1 N–H and O–H groups in total. The zero-order chi connectivity index (χ0) is 41.3. The van der Waals surface area contributed by atoms with E-state index in [2.05, 4.69) is 5.32 Å². The zero-order valence-electron chi connectivity index (χ0n) is 33.3. The lowest BCUT2D eigenvalue weighted by atomic mass is 10.2. The second kappa shape index (κ2) is 39.6. The molecule has 1 rings (SSSR count). The van der Waals surface area contributed by atoms with Crippen LogP contribution in [-0.4, -0.2) is 188 Å². The van der Waals surface area contributed by atoms with E-state index in [0.29, 0.717) is 158 Å². The highest BCUT2D eigenvalue weighted by Gasteiger charge is 2.19. The van der Waals surface area contributed by atoms with Gasteiger partial charge >= 0.3 is 5.97 Å². The number of rotatable bonds is 44. The molecular formula is C36H63N3O18. The molecule has 1 aromatic rings. The van der Waals surface area contributed by atoms with Gasteiger partial charge < -0.3 is 66.9 Å². The molecule has 57 heavy (non-hydrogen) atoms. The summed E-state index contributed by atoms with van der Waals surface area (Å²) in [6.07, 6.45) is 1.20. The topological polar surface area (TPSA) is 235 Å². The van der Waals surface area contributed by atoms with Crippen molar-refractivity contribution in [3.05, 3.63) is 38.4 Å². The molecule has 0 bridgehead atoms.